The molecule has 0 aromatic rings. The highest BCUT2D eigenvalue weighted by Gasteiger charge is 2.23. The molecule has 0 unspecified atom stereocenters. The number of hydrogen-bond donors (Lipinski definition) is 0. The molecule has 0 rings (SSSR count). The summed E-state index contributed by atoms with van der Waals surface area (Å²) < 4.78 is 12.2. The van der Waals surface area contributed by atoms with E-state index in [1.807, 2.05) is 0 Å². The van der Waals surface area contributed by atoms with Gasteiger partial charge in [0, 0.05) is 13.2 Å². The van der Waals surface area contributed by atoms with Crippen LogP contribution in [0.5, 0.6) is 0 Å². The van der Waals surface area contributed by atoms with E-state index in [1.54, 1.807) is 0 Å². The maximum atomic E-state index is 6.11. The fourth-order valence-electron chi connectivity index (χ4n) is 3.86. The Hall–Kier alpha value is 0.137. The number of hydrogen-bond acceptors (Lipinski definition) is 2. The van der Waals surface area contributed by atoms with Crippen molar-refractivity contribution in [1.29, 1.82) is 0 Å². The van der Waals surface area contributed by atoms with E-state index in [9.17, 15) is 0 Å². The molecule has 0 saturated heterocycles. The molecular formula is C26H56O2Si. The first kappa shape index (κ1) is 29.1. The molecule has 0 radical (unpaired) electrons. The Morgan fingerprint density at radius 2 is 0.621 bits per heavy atom. The fraction of sp³-hybridized carbons (Fsp3) is 1.00. The van der Waals surface area contributed by atoms with Crippen molar-refractivity contribution in [2.75, 3.05) is 13.2 Å². The van der Waals surface area contributed by atoms with E-state index < -0.39 is 8.56 Å². The van der Waals surface area contributed by atoms with Gasteiger partial charge in [-0.1, -0.05) is 129 Å². The lowest BCUT2D eigenvalue weighted by Gasteiger charge is -2.23. The Bertz CT molecular complexity index is 307. The van der Waals surface area contributed by atoms with Crippen molar-refractivity contribution in [2.24, 2.45) is 0 Å². The normalized spacial score (nSPS) is 12.0. The van der Waals surface area contributed by atoms with Gasteiger partial charge in [0.1, 0.15) is 0 Å². The Kier molecular flexibility index (Phi) is 22.9. The molecule has 0 N–H and O–H groups in total. The Morgan fingerprint density at radius 1 is 0.379 bits per heavy atom. The zero-order chi connectivity index (χ0) is 21.5. The van der Waals surface area contributed by atoms with Crippen molar-refractivity contribution in [1.82, 2.24) is 0 Å². The van der Waals surface area contributed by atoms with Gasteiger partial charge in [-0.2, -0.15) is 0 Å². The smallest absolute Gasteiger partial charge is 0.331 e. The van der Waals surface area contributed by atoms with Crippen LogP contribution in [0.3, 0.4) is 0 Å². The van der Waals surface area contributed by atoms with Crippen LogP contribution >= 0.6 is 0 Å². The average molecular weight is 429 g/mol. The predicted octanol–water partition coefficient (Wildman–Crippen LogP) is 9.56. The summed E-state index contributed by atoms with van der Waals surface area (Å²) in [4.78, 5) is 0. The topological polar surface area (TPSA) is 18.5 Å². The molecule has 0 amide bonds. The lowest BCUT2D eigenvalue weighted by atomic mass is 10.0. The molecule has 0 spiro atoms. The minimum Gasteiger partial charge on any atom is -0.395 e. The molecule has 0 aliphatic rings. The molecule has 0 aromatic heterocycles. The van der Waals surface area contributed by atoms with Gasteiger partial charge < -0.3 is 8.85 Å². The summed E-state index contributed by atoms with van der Waals surface area (Å²) in [5.74, 6) is 0. The molecule has 0 fully saturated rings. The van der Waals surface area contributed by atoms with E-state index in [2.05, 4.69) is 26.9 Å². The van der Waals surface area contributed by atoms with Gasteiger partial charge in [0.05, 0.1) is 0 Å². The van der Waals surface area contributed by atoms with Crippen molar-refractivity contribution < 1.29 is 8.85 Å². The molecule has 0 heterocycles. The van der Waals surface area contributed by atoms with Crippen LogP contribution in [-0.4, -0.2) is 21.8 Å². The highest BCUT2D eigenvalue weighted by molar-refractivity contribution is 6.64. The van der Waals surface area contributed by atoms with E-state index in [-0.39, 0.29) is 0 Å². The molecule has 176 valence electrons. The molecule has 0 saturated carbocycles. The van der Waals surface area contributed by atoms with Gasteiger partial charge in [-0.05, 0) is 25.9 Å². The first-order chi connectivity index (χ1) is 14.1. The minimum atomic E-state index is -1.89. The average Bonchev–Trinajstić information content (AvgIpc) is 2.70. The van der Waals surface area contributed by atoms with Crippen molar-refractivity contribution in [3.8, 4) is 0 Å². The summed E-state index contributed by atoms with van der Waals surface area (Å²) in [6, 6.07) is 0. The van der Waals surface area contributed by atoms with Crippen LogP contribution < -0.4 is 0 Å². The molecule has 0 aromatic carbocycles. The summed E-state index contributed by atoms with van der Waals surface area (Å²) in [5.41, 5.74) is 0. The first-order valence-electron chi connectivity index (χ1n) is 13.4. The highest BCUT2D eigenvalue weighted by atomic mass is 28.4. The molecule has 2 nitrogen and oxygen atoms in total. The zero-order valence-electron chi connectivity index (χ0n) is 20.9. The maximum Gasteiger partial charge on any atom is 0.331 e. The van der Waals surface area contributed by atoms with Gasteiger partial charge in [-0.25, -0.2) is 0 Å². The summed E-state index contributed by atoms with van der Waals surface area (Å²) in [6.45, 7) is 10.8. The van der Waals surface area contributed by atoms with E-state index in [0.29, 0.717) is 0 Å². The van der Waals surface area contributed by atoms with Crippen molar-refractivity contribution in [2.45, 2.75) is 155 Å². The third-order valence-electron chi connectivity index (χ3n) is 5.90. The molecule has 0 aliphatic carbocycles. The molecule has 29 heavy (non-hydrogen) atoms. The van der Waals surface area contributed by atoms with Crippen LogP contribution in [-0.2, 0) is 8.85 Å². The quantitative estimate of drug-likeness (QED) is 0.112. The summed E-state index contributed by atoms with van der Waals surface area (Å²) in [7, 11) is -1.89. The van der Waals surface area contributed by atoms with Crippen molar-refractivity contribution in [3.05, 3.63) is 0 Å². The third-order valence-corrected chi connectivity index (χ3v) is 7.69. The van der Waals surface area contributed by atoms with Crippen LogP contribution in [0.15, 0.2) is 0 Å². The fourth-order valence-corrected chi connectivity index (χ4v) is 5.21. The highest BCUT2D eigenvalue weighted by Crippen LogP contribution is 2.14. The lowest BCUT2D eigenvalue weighted by molar-refractivity contribution is 0.172. The van der Waals surface area contributed by atoms with E-state index >= 15 is 0 Å². The second-order valence-electron chi connectivity index (χ2n) is 9.46. The van der Waals surface area contributed by atoms with Crippen LogP contribution in [0.2, 0.25) is 13.1 Å². The maximum absolute atomic E-state index is 6.11. The third kappa shape index (κ3) is 24.3. The Labute approximate surface area is 186 Å². The zero-order valence-corrected chi connectivity index (χ0v) is 21.9. The monoisotopic (exact) mass is 428 g/mol. The van der Waals surface area contributed by atoms with Gasteiger partial charge in [-0.15, -0.1) is 0 Å². The molecule has 0 bridgehead atoms. The van der Waals surface area contributed by atoms with Crippen molar-refractivity contribution in [3.63, 3.8) is 0 Å². The minimum absolute atomic E-state index is 0.894. The second-order valence-corrected chi connectivity index (χ2v) is 12.8. The lowest BCUT2D eigenvalue weighted by Crippen LogP contribution is -2.35. The van der Waals surface area contributed by atoms with E-state index in [0.717, 1.165) is 13.2 Å². The van der Waals surface area contributed by atoms with Gasteiger partial charge in [0.2, 0.25) is 0 Å². The van der Waals surface area contributed by atoms with Crippen LogP contribution in [0.25, 0.3) is 0 Å². The molecular weight excluding hydrogens is 372 g/mol. The largest absolute Gasteiger partial charge is 0.395 e. The van der Waals surface area contributed by atoms with Gasteiger partial charge >= 0.3 is 8.56 Å². The first-order valence-corrected chi connectivity index (χ1v) is 16.2. The summed E-state index contributed by atoms with van der Waals surface area (Å²) >= 11 is 0. The summed E-state index contributed by atoms with van der Waals surface area (Å²) in [5, 5.41) is 0. The van der Waals surface area contributed by atoms with E-state index in [1.165, 1.54) is 128 Å². The number of unbranched alkanes of at least 4 members (excludes halogenated alkanes) is 18. The molecule has 3 heteroatoms. The van der Waals surface area contributed by atoms with Crippen molar-refractivity contribution >= 4 is 8.56 Å². The van der Waals surface area contributed by atoms with Crippen LogP contribution in [0.1, 0.15) is 142 Å². The standard InChI is InChI=1S/C26H56O2Si/c1-5-7-9-11-13-14-15-16-17-18-20-22-24-26-28-29(3,4)27-25-23-21-19-12-10-8-6-2/h5-26H2,1-4H3. The van der Waals surface area contributed by atoms with Crippen LogP contribution in [0, 0.1) is 0 Å². The molecule has 0 atom stereocenters. The molecule has 0 aliphatic heterocycles. The Balaban J connectivity index is 3.27. The van der Waals surface area contributed by atoms with Gasteiger partial charge in [0.15, 0.2) is 0 Å². The predicted molar refractivity (Wildman–Crippen MR) is 133 cm³/mol. The van der Waals surface area contributed by atoms with Gasteiger partial charge in [0.25, 0.3) is 0 Å². The Morgan fingerprint density at radius 3 is 0.897 bits per heavy atom. The van der Waals surface area contributed by atoms with Gasteiger partial charge in [-0.3, -0.25) is 0 Å². The second kappa shape index (κ2) is 22.8. The number of rotatable bonds is 24. The van der Waals surface area contributed by atoms with E-state index in [4.69, 9.17) is 8.85 Å². The SMILES string of the molecule is CCCCCCCCCCCCCCCO[Si](C)(C)OCCCCCCCCC. The van der Waals surface area contributed by atoms with Crippen LogP contribution in [0.4, 0.5) is 0 Å². The summed E-state index contributed by atoms with van der Waals surface area (Å²) in [6.07, 6.45) is 27.6.